The fourth-order valence-electron chi connectivity index (χ4n) is 3.14. The summed E-state index contributed by atoms with van der Waals surface area (Å²) in [5, 5.41) is 7.53. The number of anilines is 1. The number of fused-ring (bicyclic) bond motifs is 1. The molecule has 0 bridgehead atoms. The molecule has 3 aromatic rings. The minimum absolute atomic E-state index is 0.206. The molecule has 1 amide bonds. The minimum atomic E-state index is -0.206. The zero-order valence-corrected chi connectivity index (χ0v) is 14.2. The van der Waals surface area contributed by atoms with Crippen molar-refractivity contribution in [3.8, 4) is 0 Å². The Morgan fingerprint density at radius 1 is 1.33 bits per heavy atom. The van der Waals surface area contributed by atoms with Gasteiger partial charge in [0.05, 0.1) is 11.7 Å². The van der Waals surface area contributed by atoms with Crippen LogP contribution in [0, 0.1) is 19.8 Å². The summed E-state index contributed by atoms with van der Waals surface area (Å²) in [7, 11) is 0. The van der Waals surface area contributed by atoms with Crippen molar-refractivity contribution < 1.29 is 4.79 Å². The minimum Gasteiger partial charge on any atom is -0.305 e. The van der Waals surface area contributed by atoms with Crippen LogP contribution in [0.15, 0.2) is 30.5 Å². The Balaban J connectivity index is 1.62. The van der Waals surface area contributed by atoms with Crippen LogP contribution < -0.4 is 5.32 Å². The van der Waals surface area contributed by atoms with E-state index in [1.165, 1.54) is 12.8 Å². The lowest BCUT2D eigenvalue weighted by molar-refractivity contribution is 0.102. The molecule has 0 aliphatic heterocycles. The number of imidazole rings is 1. The molecule has 1 aliphatic carbocycles. The quantitative estimate of drug-likeness (QED) is 0.800. The predicted octanol–water partition coefficient (Wildman–Crippen LogP) is 3.37. The van der Waals surface area contributed by atoms with Gasteiger partial charge in [-0.2, -0.15) is 5.10 Å². The molecule has 0 radical (unpaired) electrons. The van der Waals surface area contributed by atoms with E-state index in [9.17, 15) is 4.79 Å². The second kappa shape index (κ2) is 5.47. The molecule has 1 fully saturated rings. The third kappa shape index (κ3) is 2.58. The molecule has 4 rings (SSSR count). The van der Waals surface area contributed by atoms with E-state index in [2.05, 4.69) is 22.3 Å². The van der Waals surface area contributed by atoms with Gasteiger partial charge in [0, 0.05) is 18.0 Å². The van der Waals surface area contributed by atoms with Gasteiger partial charge in [0.1, 0.15) is 17.2 Å². The number of rotatable bonds is 4. The van der Waals surface area contributed by atoms with Crippen molar-refractivity contribution in [2.45, 2.75) is 39.7 Å². The maximum atomic E-state index is 12.6. The fourth-order valence-corrected chi connectivity index (χ4v) is 3.14. The average molecular weight is 323 g/mol. The molecule has 0 spiro atoms. The maximum Gasteiger partial charge on any atom is 0.277 e. The van der Waals surface area contributed by atoms with Gasteiger partial charge < -0.3 is 9.72 Å². The molecule has 24 heavy (non-hydrogen) atoms. The summed E-state index contributed by atoms with van der Waals surface area (Å²) >= 11 is 0. The largest absolute Gasteiger partial charge is 0.305 e. The van der Waals surface area contributed by atoms with Gasteiger partial charge in [-0.25, -0.2) is 9.67 Å². The maximum absolute atomic E-state index is 12.6. The highest BCUT2D eigenvalue weighted by molar-refractivity contribution is 6.02. The van der Waals surface area contributed by atoms with Crippen molar-refractivity contribution in [2.24, 2.45) is 5.92 Å². The van der Waals surface area contributed by atoms with Crippen molar-refractivity contribution in [3.05, 3.63) is 47.5 Å². The number of amides is 1. The highest BCUT2D eigenvalue weighted by atomic mass is 16.2. The highest BCUT2D eigenvalue weighted by Gasteiger charge is 2.31. The van der Waals surface area contributed by atoms with Crippen LogP contribution in [0.5, 0.6) is 0 Å². The normalized spacial score (nSPS) is 15.6. The van der Waals surface area contributed by atoms with Crippen molar-refractivity contribution in [1.82, 2.24) is 19.2 Å². The van der Waals surface area contributed by atoms with Crippen LogP contribution in [-0.4, -0.2) is 25.1 Å². The second-order valence-corrected chi connectivity index (χ2v) is 6.67. The molecular weight excluding hydrogens is 302 g/mol. The smallest absolute Gasteiger partial charge is 0.277 e. The van der Waals surface area contributed by atoms with E-state index >= 15 is 0 Å². The first-order valence-corrected chi connectivity index (χ1v) is 8.35. The molecular formula is C18H21N5O. The Morgan fingerprint density at radius 3 is 2.83 bits per heavy atom. The van der Waals surface area contributed by atoms with E-state index in [1.54, 1.807) is 6.20 Å². The summed E-state index contributed by atoms with van der Waals surface area (Å²) in [6.07, 6.45) is 4.25. The molecule has 0 aromatic carbocycles. The number of carbonyl (C=O) groups is 1. The molecule has 1 aliphatic rings. The number of nitrogens with one attached hydrogen (secondary N) is 1. The summed E-state index contributed by atoms with van der Waals surface area (Å²) < 4.78 is 3.86. The predicted molar refractivity (Wildman–Crippen MR) is 92.3 cm³/mol. The molecule has 0 saturated heterocycles. The topological polar surface area (TPSA) is 64.2 Å². The van der Waals surface area contributed by atoms with Crippen molar-refractivity contribution in [3.63, 3.8) is 0 Å². The number of hydrogen-bond acceptors (Lipinski definition) is 3. The van der Waals surface area contributed by atoms with Crippen LogP contribution in [0.1, 0.15) is 47.7 Å². The zero-order valence-electron chi connectivity index (χ0n) is 14.2. The monoisotopic (exact) mass is 323 g/mol. The molecule has 6 heteroatoms. The molecule has 1 atom stereocenters. The molecule has 1 N–H and O–H groups in total. The van der Waals surface area contributed by atoms with E-state index in [1.807, 2.05) is 47.2 Å². The van der Waals surface area contributed by atoms with Gasteiger partial charge in [-0.3, -0.25) is 4.79 Å². The van der Waals surface area contributed by atoms with Crippen LogP contribution in [0.2, 0.25) is 0 Å². The number of aryl methyl sites for hydroxylation is 2. The zero-order chi connectivity index (χ0) is 16.8. The van der Waals surface area contributed by atoms with Crippen LogP contribution in [0.3, 0.4) is 0 Å². The van der Waals surface area contributed by atoms with Gasteiger partial charge in [-0.1, -0.05) is 6.07 Å². The Morgan fingerprint density at radius 2 is 2.12 bits per heavy atom. The number of pyridine rings is 1. The van der Waals surface area contributed by atoms with Gasteiger partial charge in [0.15, 0.2) is 0 Å². The first-order chi connectivity index (χ1) is 11.5. The van der Waals surface area contributed by atoms with Crippen LogP contribution in [0.25, 0.3) is 5.65 Å². The molecule has 3 aromatic heterocycles. The summed E-state index contributed by atoms with van der Waals surface area (Å²) in [6.45, 7) is 6.10. The molecule has 124 valence electrons. The lowest BCUT2D eigenvalue weighted by Gasteiger charge is -2.14. The summed E-state index contributed by atoms with van der Waals surface area (Å²) in [4.78, 5) is 17.1. The lowest BCUT2D eigenvalue weighted by atomic mass is 10.2. The van der Waals surface area contributed by atoms with Gasteiger partial charge >= 0.3 is 0 Å². The molecule has 1 unspecified atom stereocenters. The molecule has 6 nitrogen and oxygen atoms in total. The fraction of sp³-hybridized carbons (Fsp3) is 0.389. The number of aromatic nitrogens is 4. The molecule has 1 saturated carbocycles. The third-order valence-electron chi connectivity index (χ3n) is 4.72. The summed E-state index contributed by atoms with van der Waals surface area (Å²) in [5.41, 5.74) is 3.14. The highest BCUT2D eigenvalue weighted by Crippen LogP contribution is 2.40. The first-order valence-electron chi connectivity index (χ1n) is 8.35. The van der Waals surface area contributed by atoms with Gasteiger partial charge in [0.25, 0.3) is 5.91 Å². The van der Waals surface area contributed by atoms with Crippen LogP contribution in [-0.2, 0) is 0 Å². The number of hydrogen-bond donors (Lipinski definition) is 1. The van der Waals surface area contributed by atoms with Crippen LogP contribution >= 0.6 is 0 Å². The van der Waals surface area contributed by atoms with Crippen molar-refractivity contribution >= 4 is 17.4 Å². The van der Waals surface area contributed by atoms with E-state index in [0.717, 1.165) is 22.9 Å². The standard InChI is InChI=1S/C18H21N5O/c1-11-9-17(23(21-11)13(3)14-7-8-14)20-18(24)15-10-22-12(2)5-4-6-16(22)19-15/h4-6,9-10,13-14H,7-8H2,1-3H3,(H,20,24). The average Bonchev–Trinajstić information content (AvgIpc) is 3.19. The summed E-state index contributed by atoms with van der Waals surface area (Å²) in [5.74, 6) is 1.20. The van der Waals surface area contributed by atoms with Crippen LogP contribution in [0.4, 0.5) is 5.82 Å². The van der Waals surface area contributed by atoms with Gasteiger partial charge in [-0.05, 0) is 51.7 Å². The third-order valence-corrected chi connectivity index (χ3v) is 4.72. The second-order valence-electron chi connectivity index (χ2n) is 6.67. The Hall–Kier alpha value is -2.63. The Kier molecular flexibility index (Phi) is 3.40. The van der Waals surface area contributed by atoms with Crippen molar-refractivity contribution in [1.29, 1.82) is 0 Å². The lowest BCUT2D eigenvalue weighted by Crippen LogP contribution is -2.18. The van der Waals surface area contributed by atoms with E-state index in [0.29, 0.717) is 17.7 Å². The van der Waals surface area contributed by atoms with Gasteiger partial charge in [-0.15, -0.1) is 0 Å². The SMILES string of the molecule is Cc1cc(NC(=O)c2cn3c(C)cccc3n2)n(C(C)C2CC2)n1. The molecule has 3 heterocycles. The number of nitrogens with zero attached hydrogens (tertiary/aromatic N) is 4. The summed E-state index contributed by atoms with van der Waals surface area (Å²) in [6, 6.07) is 8.05. The van der Waals surface area contributed by atoms with E-state index < -0.39 is 0 Å². The number of carbonyl (C=O) groups excluding carboxylic acids is 1. The van der Waals surface area contributed by atoms with E-state index in [-0.39, 0.29) is 5.91 Å². The van der Waals surface area contributed by atoms with Crippen molar-refractivity contribution in [2.75, 3.05) is 5.32 Å². The Bertz CT molecular complexity index is 919. The van der Waals surface area contributed by atoms with Gasteiger partial charge in [0.2, 0.25) is 0 Å². The van der Waals surface area contributed by atoms with E-state index in [4.69, 9.17) is 0 Å². The first kappa shape index (κ1) is 14.9. The Labute approximate surface area is 140 Å².